The molecule has 0 saturated carbocycles. The number of rotatable bonds is 4. The summed E-state index contributed by atoms with van der Waals surface area (Å²) in [4.78, 5) is 0. The summed E-state index contributed by atoms with van der Waals surface area (Å²) in [5.74, 6) is 1.82. The first-order valence-electron chi connectivity index (χ1n) is 6.90. The zero-order chi connectivity index (χ0) is 14.7. The van der Waals surface area contributed by atoms with Gasteiger partial charge in [-0.2, -0.15) is 0 Å². The Morgan fingerprint density at radius 2 is 1.81 bits per heavy atom. The van der Waals surface area contributed by atoms with Crippen molar-refractivity contribution in [1.82, 2.24) is 10.2 Å². The Bertz CT molecular complexity index is 750. The van der Waals surface area contributed by atoms with Crippen molar-refractivity contribution < 1.29 is 9.15 Å². The van der Waals surface area contributed by atoms with Crippen LogP contribution < -0.4 is 4.74 Å². The highest BCUT2D eigenvalue weighted by atomic mass is 16.5. The van der Waals surface area contributed by atoms with Crippen LogP contribution in [0.2, 0.25) is 0 Å². The van der Waals surface area contributed by atoms with Crippen LogP contribution in [0.15, 0.2) is 52.9 Å². The summed E-state index contributed by atoms with van der Waals surface area (Å²) in [5.41, 5.74) is 2.92. The third-order valence-corrected chi connectivity index (χ3v) is 3.19. The van der Waals surface area contributed by atoms with Gasteiger partial charge in [-0.3, -0.25) is 0 Å². The van der Waals surface area contributed by atoms with Crippen molar-refractivity contribution in [2.75, 3.05) is 6.61 Å². The van der Waals surface area contributed by atoms with Crippen molar-refractivity contribution in [1.29, 1.82) is 0 Å². The Labute approximate surface area is 123 Å². The summed E-state index contributed by atoms with van der Waals surface area (Å²) < 4.78 is 11.3. The molecule has 3 rings (SSSR count). The van der Waals surface area contributed by atoms with Gasteiger partial charge in [-0.1, -0.05) is 24.3 Å². The van der Waals surface area contributed by atoms with Crippen molar-refractivity contribution in [3.8, 4) is 28.7 Å². The molecule has 0 spiro atoms. The third kappa shape index (κ3) is 2.79. The third-order valence-electron chi connectivity index (χ3n) is 3.19. The van der Waals surface area contributed by atoms with Crippen molar-refractivity contribution in [3.05, 3.63) is 54.1 Å². The fourth-order valence-electron chi connectivity index (χ4n) is 2.15. The largest absolute Gasteiger partial charge is 0.494 e. The molecule has 0 atom stereocenters. The van der Waals surface area contributed by atoms with Gasteiger partial charge in [0.05, 0.1) is 6.61 Å². The number of aryl methyl sites for hydroxylation is 1. The highest BCUT2D eigenvalue weighted by Gasteiger charge is 2.12. The summed E-state index contributed by atoms with van der Waals surface area (Å²) in [6.07, 6.45) is 0. The summed E-state index contributed by atoms with van der Waals surface area (Å²) in [6.45, 7) is 4.60. The van der Waals surface area contributed by atoms with Crippen LogP contribution in [0.25, 0.3) is 22.9 Å². The van der Waals surface area contributed by atoms with Crippen LogP contribution in [0.1, 0.15) is 12.5 Å². The van der Waals surface area contributed by atoms with Gasteiger partial charge in [0.2, 0.25) is 11.8 Å². The van der Waals surface area contributed by atoms with Crippen molar-refractivity contribution in [3.63, 3.8) is 0 Å². The summed E-state index contributed by atoms with van der Waals surface area (Å²) in [5, 5.41) is 8.27. The van der Waals surface area contributed by atoms with Crippen LogP contribution in [0.3, 0.4) is 0 Å². The zero-order valence-corrected chi connectivity index (χ0v) is 12.0. The van der Waals surface area contributed by atoms with Crippen molar-refractivity contribution in [2.45, 2.75) is 13.8 Å². The van der Waals surface area contributed by atoms with E-state index < -0.39 is 0 Å². The summed E-state index contributed by atoms with van der Waals surface area (Å²) in [6, 6.07) is 15.6. The maximum Gasteiger partial charge on any atom is 0.248 e. The molecule has 0 N–H and O–H groups in total. The SMILES string of the molecule is CCOc1cccc(-c2nnc(-c3ccccc3C)o2)c1. The Balaban J connectivity index is 1.95. The van der Waals surface area contributed by atoms with Gasteiger partial charge in [-0.25, -0.2) is 0 Å². The molecule has 0 aliphatic heterocycles. The molecule has 0 fully saturated rings. The van der Waals surface area contributed by atoms with Gasteiger partial charge in [0.1, 0.15) is 5.75 Å². The lowest BCUT2D eigenvalue weighted by atomic mass is 10.1. The second-order valence-electron chi connectivity index (χ2n) is 4.69. The maximum atomic E-state index is 5.79. The van der Waals surface area contributed by atoms with E-state index in [0.29, 0.717) is 18.4 Å². The average molecular weight is 280 g/mol. The number of ether oxygens (including phenoxy) is 1. The lowest BCUT2D eigenvalue weighted by molar-refractivity contribution is 0.340. The van der Waals surface area contributed by atoms with E-state index in [2.05, 4.69) is 10.2 Å². The van der Waals surface area contributed by atoms with E-state index in [4.69, 9.17) is 9.15 Å². The lowest BCUT2D eigenvalue weighted by Crippen LogP contribution is -1.91. The molecule has 0 radical (unpaired) electrons. The number of hydrogen-bond acceptors (Lipinski definition) is 4. The van der Waals surface area contributed by atoms with Gasteiger partial charge < -0.3 is 9.15 Å². The zero-order valence-electron chi connectivity index (χ0n) is 12.0. The molecule has 4 nitrogen and oxygen atoms in total. The van der Waals surface area contributed by atoms with Gasteiger partial charge in [0.25, 0.3) is 0 Å². The lowest BCUT2D eigenvalue weighted by Gasteiger charge is -2.03. The van der Waals surface area contributed by atoms with Crippen LogP contribution in [0, 0.1) is 6.92 Å². The summed E-state index contributed by atoms with van der Waals surface area (Å²) in [7, 11) is 0. The van der Waals surface area contributed by atoms with Crippen molar-refractivity contribution >= 4 is 0 Å². The highest BCUT2D eigenvalue weighted by Crippen LogP contribution is 2.27. The number of benzene rings is 2. The molecule has 0 aliphatic rings. The molecule has 0 unspecified atom stereocenters. The number of aromatic nitrogens is 2. The smallest absolute Gasteiger partial charge is 0.248 e. The molecule has 0 bridgehead atoms. The van der Waals surface area contributed by atoms with E-state index in [-0.39, 0.29) is 0 Å². The maximum absolute atomic E-state index is 5.79. The molecular formula is C17H16N2O2. The molecule has 21 heavy (non-hydrogen) atoms. The molecule has 0 aliphatic carbocycles. The molecule has 0 saturated heterocycles. The number of hydrogen-bond donors (Lipinski definition) is 0. The van der Waals surface area contributed by atoms with Crippen LogP contribution in [-0.4, -0.2) is 16.8 Å². The molecule has 2 aromatic carbocycles. The van der Waals surface area contributed by atoms with E-state index in [1.165, 1.54) is 0 Å². The Morgan fingerprint density at radius 1 is 1.00 bits per heavy atom. The highest BCUT2D eigenvalue weighted by molar-refractivity contribution is 5.61. The van der Waals surface area contributed by atoms with Crippen LogP contribution in [-0.2, 0) is 0 Å². The summed E-state index contributed by atoms with van der Waals surface area (Å²) >= 11 is 0. The minimum Gasteiger partial charge on any atom is -0.494 e. The normalized spacial score (nSPS) is 10.6. The van der Waals surface area contributed by atoms with E-state index >= 15 is 0 Å². The monoisotopic (exact) mass is 280 g/mol. The Hall–Kier alpha value is -2.62. The van der Waals surface area contributed by atoms with Gasteiger partial charge in [-0.15, -0.1) is 10.2 Å². The molecule has 3 aromatic rings. The van der Waals surface area contributed by atoms with E-state index in [9.17, 15) is 0 Å². The Morgan fingerprint density at radius 3 is 2.62 bits per heavy atom. The molecule has 4 heteroatoms. The van der Waals surface area contributed by atoms with E-state index in [1.807, 2.05) is 62.4 Å². The molecule has 0 amide bonds. The standard InChI is InChI=1S/C17H16N2O2/c1-3-20-14-9-6-8-13(11-14)16-18-19-17(21-16)15-10-5-4-7-12(15)2/h4-11H,3H2,1-2H3. The van der Waals surface area contributed by atoms with Crippen molar-refractivity contribution in [2.24, 2.45) is 0 Å². The molecule has 1 heterocycles. The second kappa shape index (κ2) is 5.79. The van der Waals surface area contributed by atoms with E-state index in [1.54, 1.807) is 0 Å². The number of nitrogens with zero attached hydrogens (tertiary/aromatic N) is 2. The second-order valence-corrected chi connectivity index (χ2v) is 4.69. The van der Waals surface area contributed by atoms with Gasteiger partial charge in [0, 0.05) is 11.1 Å². The predicted molar refractivity (Wildman–Crippen MR) is 81.1 cm³/mol. The van der Waals surface area contributed by atoms with Gasteiger partial charge >= 0.3 is 0 Å². The minimum absolute atomic E-state index is 0.495. The first-order chi connectivity index (χ1) is 10.3. The van der Waals surface area contributed by atoms with Crippen LogP contribution >= 0.6 is 0 Å². The average Bonchev–Trinajstić information content (AvgIpc) is 2.98. The topological polar surface area (TPSA) is 48.2 Å². The van der Waals surface area contributed by atoms with Crippen LogP contribution in [0.5, 0.6) is 5.75 Å². The van der Waals surface area contributed by atoms with Gasteiger partial charge in [0.15, 0.2) is 0 Å². The molecular weight excluding hydrogens is 264 g/mol. The minimum atomic E-state index is 0.495. The van der Waals surface area contributed by atoms with Crippen LogP contribution in [0.4, 0.5) is 0 Å². The first-order valence-corrected chi connectivity index (χ1v) is 6.90. The molecule has 1 aromatic heterocycles. The first kappa shape index (κ1) is 13.4. The fraction of sp³-hybridized carbons (Fsp3) is 0.176. The van der Waals surface area contributed by atoms with Gasteiger partial charge in [-0.05, 0) is 43.7 Å². The molecule has 106 valence electrons. The Kier molecular flexibility index (Phi) is 3.69. The quantitative estimate of drug-likeness (QED) is 0.721. The predicted octanol–water partition coefficient (Wildman–Crippen LogP) is 4.11. The fourth-order valence-corrected chi connectivity index (χ4v) is 2.15. The van der Waals surface area contributed by atoms with E-state index in [0.717, 1.165) is 22.4 Å².